The molecule has 4 N–H and O–H groups in total. The Morgan fingerprint density at radius 3 is 1.88 bits per heavy atom. The Bertz CT molecular complexity index is 214. The predicted molar refractivity (Wildman–Crippen MR) is 63.9 cm³/mol. The highest BCUT2D eigenvalue weighted by atomic mass is 16.5. The Kier molecular flexibility index (Phi) is 5.49. The van der Waals surface area contributed by atoms with Crippen molar-refractivity contribution in [2.24, 2.45) is 0 Å². The molecule has 94 valence electrons. The van der Waals surface area contributed by atoms with Crippen molar-refractivity contribution in [3.05, 3.63) is 0 Å². The van der Waals surface area contributed by atoms with E-state index >= 15 is 0 Å². The van der Waals surface area contributed by atoms with Gasteiger partial charge in [-0.3, -0.25) is 0 Å². The Morgan fingerprint density at radius 2 is 1.56 bits per heavy atom. The van der Waals surface area contributed by atoms with Gasteiger partial charge in [-0.1, -0.05) is 6.92 Å². The average molecular weight is 232 g/mol. The zero-order valence-corrected chi connectivity index (χ0v) is 10.6. The molecule has 0 fully saturated rings. The number of aliphatic hydroxyl groups is 1. The van der Waals surface area contributed by atoms with Crippen molar-refractivity contribution in [1.29, 1.82) is 0 Å². The number of rotatable bonds is 6. The van der Waals surface area contributed by atoms with Gasteiger partial charge in [0.1, 0.15) is 0 Å². The highest BCUT2D eigenvalue weighted by Crippen LogP contribution is 2.28. The van der Waals surface area contributed by atoms with Crippen molar-refractivity contribution in [2.75, 3.05) is 0 Å². The molecule has 0 aliphatic rings. The molecule has 0 saturated heterocycles. The first kappa shape index (κ1) is 15.9. The Hall–Kier alpha value is -0.0701. The summed E-state index contributed by atoms with van der Waals surface area (Å²) in [7, 11) is -2.62. The van der Waals surface area contributed by atoms with Crippen LogP contribution in [0.25, 0.3) is 0 Å². The van der Waals surface area contributed by atoms with Crippen LogP contribution >= 0.6 is 0 Å². The van der Waals surface area contributed by atoms with Gasteiger partial charge < -0.3 is 24.8 Å². The van der Waals surface area contributed by atoms with Crippen LogP contribution in [-0.4, -0.2) is 45.6 Å². The topological polar surface area (TPSA) is 90.2 Å². The summed E-state index contributed by atoms with van der Waals surface area (Å²) in [6.07, 6.45) is 0.0170. The third-order valence-corrected chi connectivity index (χ3v) is 2.96. The van der Waals surface area contributed by atoms with Crippen LogP contribution in [0.15, 0.2) is 0 Å². The lowest BCUT2D eigenvalue weighted by Crippen LogP contribution is -2.51. The molecule has 16 heavy (non-hydrogen) atoms. The van der Waals surface area contributed by atoms with Crippen LogP contribution < -0.4 is 0 Å². The zero-order chi connectivity index (χ0) is 13.1. The van der Waals surface area contributed by atoms with Gasteiger partial charge in [0.05, 0.1) is 11.2 Å². The third-order valence-electron chi connectivity index (χ3n) is 2.96. The van der Waals surface area contributed by atoms with E-state index in [4.69, 9.17) is 14.7 Å². The molecule has 0 aromatic rings. The predicted octanol–water partition coefficient (Wildman–Crippen LogP) is -0.104. The SMILES string of the molecule is CC(CB(O)O)B(O)OC(C)(C)C(C)(C)O. The minimum Gasteiger partial charge on any atom is -0.427 e. The molecule has 1 atom stereocenters. The van der Waals surface area contributed by atoms with Crippen LogP contribution in [0.4, 0.5) is 0 Å². The van der Waals surface area contributed by atoms with E-state index in [-0.39, 0.29) is 6.32 Å². The molecule has 0 aliphatic heterocycles. The van der Waals surface area contributed by atoms with Crippen molar-refractivity contribution in [3.63, 3.8) is 0 Å². The smallest absolute Gasteiger partial charge is 0.427 e. The Morgan fingerprint density at radius 1 is 1.12 bits per heavy atom. The Labute approximate surface area is 97.7 Å². The first-order chi connectivity index (χ1) is 6.97. The summed E-state index contributed by atoms with van der Waals surface area (Å²) in [6.45, 7) is 8.15. The second-order valence-corrected chi connectivity index (χ2v) is 5.27. The van der Waals surface area contributed by atoms with E-state index in [1.165, 1.54) is 0 Å². The van der Waals surface area contributed by atoms with Crippen molar-refractivity contribution < 1.29 is 24.8 Å². The molecule has 0 bridgehead atoms. The molecule has 5 nitrogen and oxygen atoms in total. The van der Waals surface area contributed by atoms with Gasteiger partial charge in [0.2, 0.25) is 0 Å². The quantitative estimate of drug-likeness (QED) is 0.480. The van der Waals surface area contributed by atoms with Crippen molar-refractivity contribution in [2.45, 2.75) is 58.0 Å². The summed E-state index contributed by atoms with van der Waals surface area (Å²) >= 11 is 0. The van der Waals surface area contributed by atoms with Gasteiger partial charge in [-0.25, -0.2) is 0 Å². The van der Waals surface area contributed by atoms with Gasteiger partial charge in [0.25, 0.3) is 0 Å². The summed E-state index contributed by atoms with van der Waals surface area (Å²) in [5.41, 5.74) is -2.04. The van der Waals surface area contributed by atoms with E-state index < -0.39 is 31.3 Å². The second-order valence-electron chi connectivity index (χ2n) is 5.27. The lowest BCUT2D eigenvalue weighted by molar-refractivity contribution is -0.101. The first-order valence-electron chi connectivity index (χ1n) is 5.42. The minimum atomic E-state index is -1.47. The van der Waals surface area contributed by atoms with Gasteiger partial charge >= 0.3 is 14.2 Å². The fourth-order valence-corrected chi connectivity index (χ4v) is 1.01. The van der Waals surface area contributed by atoms with Crippen LogP contribution in [-0.2, 0) is 4.65 Å². The summed E-state index contributed by atoms with van der Waals surface area (Å²) in [6, 6.07) is 0. The van der Waals surface area contributed by atoms with E-state index in [0.717, 1.165) is 0 Å². The molecule has 0 spiro atoms. The molecule has 0 amide bonds. The molecule has 0 aliphatic carbocycles. The van der Waals surface area contributed by atoms with Gasteiger partial charge in [0, 0.05) is 0 Å². The fourth-order valence-electron chi connectivity index (χ4n) is 1.01. The lowest BCUT2D eigenvalue weighted by atomic mass is 9.62. The third kappa shape index (κ3) is 4.84. The van der Waals surface area contributed by atoms with Gasteiger partial charge in [0.15, 0.2) is 0 Å². The monoisotopic (exact) mass is 232 g/mol. The maximum atomic E-state index is 9.82. The van der Waals surface area contributed by atoms with Crippen molar-refractivity contribution >= 4 is 14.2 Å². The molecule has 0 rings (SSSR count). The van der Waals surface area contributed by atoms with Gasteiger partial charge in [-0.2, -0.15) is 0 Å². The largest absolute Gasteiger partial charge is 0.457 e. The van der Waals surface area contributed by atoms with Crippen LogP contribution in [0.2, 0.25) is 12.1 Å². The fraction of sp³-hybridized carbons (Fsp3) is 1.00. The van der Waals surface area contributed by atoms with Gasteiger partial charge in [-0.15, -0.1) is 0 Å². The molecule has 7 heteroatoms. The van der Waals surface area contributed by atoms with Crippen molar-refractivity contribution in [1.82, 2.24) is 0 Å². The van der Waals surface area contributed by atoms with E-state index in [2.05, 4.69) is 0 Å². The summed E-state index contributed by atoms with van der Waals surface area (Å²) < 4.78 is 5.35. The average Bonchev–Trinajstić information content (AvgIpc) is 1.99. The molecule has 1 unspecified atom stereocenters. The summed E-state index contributed by atoms with van der Waals surface area (Å²) in [5.74, 6) is -0.429. The minimum absolute atomic E-state index is 0.0170. The standard InChI is InChI=1S/C9H22B2O5/c1-7(6-10(13)14)11(15)16-9(4,5)8(2,3)12/h7,12-15H,6H2,1-5H3. The highest BCUT2D eigenvalue weighted by molar-refractivity contribution is 6.50. The summed E-state index contributed by atoms with van der Waals surface area (Å²) in [5, 5.41) is 37.1. The van der Waals surface area contributed by atoms with E-state index in [1.807, 2.05) is 0 Å². The van der Waals surface area contributed by atoms with E-state index in [1.54, 1.807) is 34.6 Å². The van der Waals surface area contributed by atoms with Crippen molar-refractivity contribution in [3.8, 4) is 0 Å². The molecule has 0 heterocycles. The van der Waals surface area contributed by atoms with Crippen LogP contribution in [0.1, 0.15) is 34.6 Å². The number of hydrogen-bond acceptors (Lipinski definition) is 5. The van der Waals surface area contributed by atoms with E-state index in [0.29, 0.717) is 0 Å². The molecule has 0 aromatic heterocycles. The zero-order valence-electron chi connectivity index (χ0n) is 10.6. The molecular formula is C9H22B2O5. The Balaban J connectivity index is 4.38. The molecule has 0 radical (unpaired) electrons. The van der Waals surface area contributed by atoms with Crippen LogP contribution in [0.3, 0.4) is 0 Å². The van der Waals surface area contributed by atoms with Crippen LogP contribution in [0, 0.1) is 0 Å². The molecule has 0 aromatic carbocycles. The second kappa shape index (κ2) is 5.51. The highest BCUT2D eigenvalue weighted by Gasteiger charge is 2.40. The number of hydrogen-bond donors (Lipinski definition) is 4. The maximum Gasteiger partial charge on any atom is 0.457 e. The maximum absolute atomic E-state index is 9.82. The first-order valence-corrected chi connectivity index (χ1v) is 5.42. The van der Waals surface area contributed by atoms with Gasteiger partial charge in [-0.05, 0) is 39.8 Å². The lowest BCUT2D eigenvalue weighted by Gasteiger charge is -2.39. The van der Waals surface area contributed by atoms with Crippen LogP contribution in [0.5, 0.6) is 0 Å². The van der Waals surface area contributed by atoms with E-state index in [9.17, 15) is 10.1 Å². The molecule has 0 saturated carbocycles. The normalized spacial score (nSPS) is 14.8. The summed E-state index contributed by atoms with van der Waals surface area (Å²) in [4.78, 5) is 0. The molecular weight excluding hydrogens is 210 g/mol.